The van der Waals surface area contributed by atoms with Gasteiger partial charge in [-0.15, -0.1) is 0 Å². The Bertz CT molecular complexity index is 309. The van der Waals surface area contributed by atoms with Gasteiger partial charge in [0, 0.05) is 13.1 Å². The Morgan fingerprint density at radius 1 is 1.13 bits per heavy atom. The molecule has 1 aliphatic heterocycles. The zero-order valence-corrected chi connectivity index (χ0v) is 9.89. The number of fused-ring (bicyclic) bond motifs is 1. The van der Waals surface area contributed by atoms with E-state index >= 15 is 0 Å². The third kappa shape index (κ3) is 3.31. The maximum atomic E-state index is 12.8. The summed E-state index contributed by atoms with van der Waals surface area (Å²) >= 11 is 0. The van der Waals surface area contributed by atoms with E-state index in [-0.39, 0.29) is 5.82 Å². The van der Waals surface area contributed by atoms with E-state index in [9.17, 15) is 4.39 Å². The smallest absolute Gasteiger partial charge is 0.123 e. The summed E-state index contributed by atoms with van der Waals surface area (Å²) in [5, 5.41) is 0. The molecule has 0 bridgehead atoms. The molecule has 0 atom stereocenters. The Morgan fingerprint density at radius 3 is 2.33 bits per heavy atom. The molecule has 1 aromatic carbocycles. The van der Waals surface area contributed by atoms with Crippen molar-refractivity contribution in [3.8, 4) is 0 Å². The Labute approximate surface area is 91.9 Å². The highest BCUT2D eigenvalue weighted by Gasteiger charge is 2.16. The van der Waals surface area contributed by atoms with E-state index in [4.69, 9.17) is 0 Å². The lowest BCUT2D eigenvalue weighted by molar-refractivity contribution is 0.301. The molecule has 0 N–H and O–H groups in total. The second-order valence-electron chi connectivity index (χ2n) is 3.92. The summed E-state index contributed by atoms with van der Waals surface area (Å²) in [4.78, 5) is 2.30. The van der Waals surface area contributed by atoms with E-state index in [1.165, 1.54) is 18.1 Å². The summed E-state index contributed by atoms with van der Waals surface area (Å²) in [5.41, 5.74) is 2.43. The highest BCUT2D eigenvalue weighted by atomic mass is 19.1. The molecule has 0 saturated heterocycles. The summed E-state index contributed by atoms with van der Waals surface area (Å²) in [6.07, 6.45) is 1.25. The van der Waals surface area contributed by atoms with Gasteiger partial charge in [0.15, 0.2) is 0 Å². The van der Waals surface area contributed by atoms with Crippen LogP contribution < -0.4 is 0 Å². The molecule has 0 aromatic heterocycles. The van der Waals surface area contributed by atoms with Gasteiger partial charge in [0.25, 0.3) is 0 Å². The van der Waals surface area contributed by atoms with Gasteiger partial charge in [0.1, 0.15) is 5.82 Å². The van der Waals surface area contributed by atoms with Crippen molar-refractivity contribution < 1.29 is 4.39 Å². The van der Waals surface area contributed by atoms with Crippen molar-refractivity contribution in [2.75, 3.05) is 6.54 Å². The highest BCUT2D eigenvalue weighted by molar-refractivity contribution is 5.30. The first-order valence-corrected chi connectivity index (χ1v) is 5.70. The van der Waals surface area contributed by atoms with Gasteiger partial charge in [0.05, 0.1) is 0 Å². The molecule has 1 heterocycles. The van der Waals surface area contributed by atoms with Crippen LogP contribution in [0.2, 0.25) is 0 Å². The van der Waals surface area contributed by atoms with Crippen molar-refractivity contribution in [1.82, 2.24) is 4.90 Å². The van der Waals surface area contributed by atoms with Crippen LogP contribution in [0.1, 0.15) is 38.3 Å². The van der Waals surface area contributed by atoms with Crippen LogP contribution in [0.25, 0.3) is 0 Å². The first-order chi connectivity index (χ1) is 7.21. The molecule has 0 amide bonds. The van der Waals surface area contributed by atoms with Gasteiger partial charge in [-0.2, -0.15) is 0 Å². The topological polar surface area (TPSA) is 3.24 Å². The van der Waals surface area contributed by atoms with Crippen molar-refractivity contribution in [3.63, 3.8) is 0 Å². The summed E-state index contributed by atoms with van der Waals surface area (Å²) in [5.74, 6) is -0.119. The molecule has 0 fully saturated rings. The van der Waals surface area contributed by atoms with Crippen LogP contribution in [-0.2, 0) is 13.1 Å². The van der Waals surface area contributed by atoms with Gasteiger partial charge in [-0.1, -0.05) is 33.3 Å². The van der Waals surface area contributed by atoms with Gasteiger partial charge in [-0.05, 0) is 29.8 Å². The molecule has 1 aliphatic rings. The van der Waals surface area contributed by atoms with Crippen molar-refractivity contribution in [2.45, 2.75) is 40.3 Å². The van der Waals surface area contributed by atoms with Crippen molar-refractivity contribution in [2.24, 2.45) is 0 Å². The monoisotopic (exact) mass is 209 g/mol. The molecule has 1 nitrogen and oxygen atoms in total. The van der Waals surface area contributed by atoms with Crippen LogP contribution in [0.15, 0.2) is 18.2 Å². The number of nitrogens with zero attached hydrogens (tertiary/aromatic N) is 1. The van der Waals surface area contributed by atoms with Gasteiger partial charge >= 0.3 is 0 Å². The molecule has 0 radical (unpaired) electrons. The van der Waals surface area contributed by atoms with Gasteiger partial charge < -0.3 is 0 Å². The molecular formula is C13H20FN. The summed E-state index contributed by atoms with van der Waals surface area (Å²) in [6.45, 7) is 9.30. The minimum Gasteiger partial charge on any atom is -0.295 e. The average molecular weight is 209 g/mol. The van der Waals surface area contributed by atoms with Crippen LogP contribution in [0.5, 0.6) is 0 Å². The summed E-state index contributed by atoms with van der Waals surface area (Å²) < 4.78 is 12.8. The predicted octanol–water partition coefficient (Wildman–Crippen LogP) is 3.58. The number of hydrogen-bond donors (Lipinski definition) is 0. The van der Waals surface area contributed by atoms with E-state index in [0.29, 0.717) is 0 Å². The van der Waals surface area contributed by atoms with E-state index in [1.54, 1.807) is 6.07 Å². The van der Waals surface area contributed by atoms with Gasteiger partial charge in [0.2, 0.25) is 0 Å². The van der Waals surface area contributed by atoms with E-state index in [0.717, 1.165) is 25.2 Å². The van der Waals surface area contributed by atoms with Crippen LogP contribution >= 0.6 is 0 Å². The molecular weight excluding hydrogens is 189 g/mol. The molecule has 15 heavy (non-hydrogen) atoms. The molecule has 0 aliphatic carbocycles. The Balaban J connectivity index is 0.000000337. The quantitative estimate of drug-likeness (QED) is 0.683. The zero-order valence-electron chi connectivity index (χ0n) is 9.89. The van der Waals surface area contributed by atoms with E-state index in [1.807, 2.05) is 6.07 Å². The number of halogens is 1. The molecule has 0 saturated carbocycles. The molecule has 84 valence electrons. The Kier molecular flexibility index (Phi) is 4.76. The minimum absolute atomic E-state index is 0.119. The Hall–Kier alpha value is -0.890. The van der Waals surface area contributed by atoms with Crippen LogP contribution in [0.3, 0.4) is 0 Å². The van der Waals surface area contributed by atoms with E-state index < -0.39 is 0 Å². The lowest BCUT2D eigenvalue weighted by Crippen LogP contribution is -2.14. The maximum absolute atomic E-state index is 12.8. The van der Waals surface area contributed by atoms with Crippen molar-refractivity contribution >= 4 is 0 Å². The average Bonchev–Trinajstić information content (AvgIpc) is 2.61. The standard InChI is InChI=1S/C10H12FN.C3H8/c1-2-12-6-8-3-4-10(11)5-9(8)7-12;1-3-2/h3-5H,2,6-7H2,1H3;3H2,1-2H3. The number of hydrogen-bond acceptors (Lipinski definition) is 1. The molecule has 0 spiro atoms. The lowest BCUT2D eigenvalue weighted by Gasteiger charge is -2.09. The fraction of sp³-hybridized carbons (Fsp3) is 0.538. The summed E-state index contributed by atoms with van der Waals surface area (Å²) in [6, 6.07) is 5.07. The third-order valence-electron chi connectivity index (χ3n) is 2.40. The van der Waals surface area contributed by atoms with Gasteiger partial charge in [-0.3, -0.25) is 4.90 Å². The normalized spacial score (nSPS) is 14.4. The second-order valence-corrected chi connectivity index (χ2v) is 3.92. The Morgan fingerprint density at radius 2 is 1.73 bits per heavy atom. The zero-order chi connectivity index (χ0) is 11.3. The van der Waals surface area contributed by atoms with E-state index in [2.05, 4.69) is 25.7 Å². The third-order valence-corrected chi connectivity index (χ3v) is 2.40. The fourth-order valence-electron chi connectivity index (χ4n) is 1.66. The number of rotatable bonds is 1. The second kappa shape index (κ2) is 5.86. The van der Waals surface area contributed by atoms with Gasteiger partial charge in [-0.25, -0.2) is 4.39 Å². The van der Waals surface area contributed by atoms with Crippen molar-refractivity contribution in [3.05, 3.63) is 35.1 Å². The maximum Gasteiger partial charge on any atom is 0.123 e. The molecule has 0 unspecified atom stereocenters. The molecule has 1 aromatic rings. The SMILES string of the molecule is CCC.CCN1Cc2ccc(F)cc2C1. The largest absolute Gasteiger partial charge is 0.295 e. The highest BCUT2D eigenvalue weighted by Crippen LogP contribution is 2.22. The summed E-state index contributed by atoms with van der Waals surface area (Å²) in [7, 11) is 0. The first kappa shape index (κ1) is 12.2. The number of benzene rings is 1. The lowest BCUT2D eigenvalue weighted by atomic mass is 10.1. The van der Waals surface area contributed by atoms with Crippen molar-refractivity contribution in [1.29, 1.82) is 0 Å². The van der Waals surface area contributed by atoms with Crippen LogP contribution in [0, 0.1) is 5.82 Å². The predicted molar refractivity (Wildman–Crippen MR) is 62.2 cm³/mol. The molecule has 2 rings (SSSR count). The molecule has 2 heteroatoms. The first-order valence-electron chi connectivity index (χ1n) is 5.70. The minimum atomic E-state index is -0.119. The van der Waals surface area contributed by atoms with Crippen LogP contribution in [-0.4, -0.2) is 11.4 Å². The van der Waals surface area contributed by atoms with Crippen LogP contribution in [0.4, 0.5) is 4.39 Å². The fourth-order valence-corrected chi connectivity index (χ4v) is 1.66.